The highest BCUT2D eigenvalue weighted by atomic mass is 32.1. The molecule has 28 heavy (non-hydrogen) atoms. The quantitative estimate of drug-likeness (QED) is 0.541. The van der Waals surface area contributed by atoms with Crippen LogP contribution in [-0.2, 0) is 18.3 Å². The van der Waals surface area contributed by atoms with E-state index in [2.05, 4.69) is 20.4 Å². The summed E-state index contributed by atoms with van der Waals surface area (Å²) in [5.41, 5.74) is 8.36. The van der Waals surface area contributed by atoms with Gasteiger partial charge in [0, 0.05) is 24.0 Å². The first-order chi connectivity index (χ1) is 13.5. The second-order valence-corrected chi connectivity index (χ2v) is 7.01. The van der Waals surface area contributed by atoms with Gasteiger partial charge >= 0.3 is 0 Å². The fourth-order valence-corrected chi connectivity index (χ4v) is 3.61. The number of hydrogen-bond donors (Lipinski definition) is 2. The maximum Gasteiger partial charge on any atom is 0.258 e. The predicted molar refractivity (Wildman–Crippen MR) is 107 cm³/mol. The van der Waals surface area contributed by atoms with Gasteiger partial charge in [-0.3, -0.25) is 19.6 Å². The molecule has 1 aromatic carbocycles. The maximum atomic E-state index is 13.0. The number of nitrogens with two attached hydrogens (primary N) is 1. The van der Waals surface area contributed by atoms with Crippen molar-refractivity contribution in [1.82, 2.24) is 19.7 Å². The normalized spacial score (nSPS) is 10.9. The number of carbonyl (C=O) groups is 2. The third kappa shape index (κ3) is 3.47. The molecular weight excluding hydrogens is 376 g/mol. The van der Waals surface area contributed by atoms with Crippen LogP contribution in [0.1, 0.15) is 16.1 Å². The Morgan fingerprint density at radius 2 is 2.04 bits per heavy atom. The summed E-state index contributed by atoms with van der Waals surface area (Å²) in [6.07, 6.45) is 1.72. The van der Waals surface area contributed by atoms with Crippen molar-refractivity contribution in [3.05, 3.63) is 59.2 Å². The van der Waals surface area contributed by atoms with Crippen LogP contribution in [0, 0.1) is 0 Å². The summed E-state index contributed by atoms with van der Waals surface area (Å²) in [4.78, 5) is 32.9. The van der Waals surface area contributed by atoms with Crippen LogP contribution >= 0.6 is 11.3 Å². The molecule has 0 bridgehead atoms. The Morgan fingerprint density at radius 1 is 1.21 bits per heavy atom. The maximum absolute atomic E-state index is 13.0. The molecule has 3 aromatic heterocycles. The first-order valence-corrected chi connectivity index (χ1v) is 9.31. The topological polar surface area (TPSA) is 116 Å². The highest BCUT2D eigenvalue weighted by molar-refractivity contribution is 7.14. The van der Waals surface area contributed by atoms with Crippen molar-refractivity contribution in [2.75, 3.05) is 5.32 Å². The van der Waals surface area contributed by atoms with Gasteiger partial charge in [0.15, 0.2) is 5.13 Å². The molecule has 0 aliphatic heterocycles. The first kappa shape index (κ1) is 17.8. The number of pyridine rings is 1. The summed E-state index contributed by atoms with van der Waals surface area (Å²) in [7, 11) is 1.82. The van der Waals surface area contributed by atoms with Crippen molar-refractivity contribution in [2.24, 2.45) is 12.8 Å². The van der Waals surface area contributed by atoms with E-state index in [1.54, 1.807) is 22.3 Å². The standard InChI is InChI=1S/C19H16N6O2S/c1-25-16(6-7-21-25)15-9-13(12-4-2-3-5-14(12)23-15)18(27)24-19-22-11(10-28-19)8-17(20)26/h2-7,9-10H,8H2,1H3,(H2,20,26)(H,22,24,27). The molecule has 0 radical (unpaired) electrons. The summed E-state index contributed by atoms with van der Waals surface area (Å²) in [6, 6.07) is 11.0. The van der Waals surface area contributed by atoms with E-state index in [0.717, 1.165) is 11.1 Å². The van der Waals surface area contributed by atoms with Gasteiger partial charge in [-0.15, -0.1) is 11.3 Å². The van der Waals surface area contributed by atoms with Gasteiger partial charge in [0.2, 0.25) is 5.91 Å². The highest BCUT2D eigenvalue weighted by Gasteiger charge is 2.17. The van der Waals surface area contributed by atoms with Crippen molar-refractivity contribution in [2.45, 2.75) is 6.42 Å². The predicted octanol–water partition coefficient (Wildman–Crippen LogP) is 2.37. The van der Waals surface area contributed by atoms with Gasteiger partial charge in [-0.1, -0.05) is 18.2 Å². The Labute approximate surface area is 164 Å². The van der Waals surface area contributed by atoms with E-state index in [1.807, 2.05) is 37.4 Å². The average Bonchev–Trinajstić information content (AvgIpc) is 3.29. The smallest absolute Gasteiger partial charge is 0.258 e. The lowest BCUT2D eigenvalue weighted by Crippen LogP contribution is -2.15. The van der Waals surface area contributed by atoms with Gasteiger partial charge in [-0.05, 0) is 18.2 Å². The molecule has 0 fully saturated rings. The molecule has 140 valence electrons. The number of amides is 2. The molecule has 0 spiro atoms. The van der Waals surface area contributed by atoms with Crippen molar-refractivity contribution >= 4 is 39.2 Å². The fourth-order valence-electron chi connectivity index (χ4n) is 2.91. The minimum Gasteiger partial charge on any atom is -0.369 e. The number of nitrogens with zero attached hydrogens (tertiary/aromatic N) is 4. The number of benzene rings is 1. The number of anilines is 1. The summed E-state index contributed by atoms with van der Waals surface area (Å²) < 4.78 is 1.70. The second kappa shape index (κ2) is 7.20. The van der Waals surface area contributed by atoms with Crippen molar-refractivity contribution in [1.29, 1.82) is 0 Å². The zero-order valence-electron chi connectivity index (χ0n) is 14.9. The first-order valence-electron chi connectivity index (χ1n) is 8.43. The van der Waals surface area contributed by atoms with E-state index in [-0.39, 0.29) is 12.3 Å². The highest BCUT2D eigenvalue weighted by Crippen LogP contribution is 2.26. The number of aromatic nitrogens is 4. The number of hydrogen-bond acceptors (Lipinski definition) is 6. The van der Waals surface area contributed by atoms with Gasteiger partial charge in [0.05, 0.1) is 34.6 Å². The summed E-state index contributed by atoms with van der Waals surface area (Å²) in [5, 5.41) is 9.81. The van der Waals surface area contributed by atoms with E-state index in [4.69, 9.17) is 5.73 Å². The van der Waals surface area contributed by atoms with Crippen molar-refractivity contribution in [3.63, 3.8) is 0 Å². The third-order valence-electron chi connectivity index (χ3n) is 4.17. The van der Waals surface area contributed by atoms with E-state index in [1.165, 1.54) is 11.3 Å². The van der Waals surface area contributed by atoms with Crippen LogP contribution in [0.25, 0.3) is 22.3 Å². The Kier molecular flexibility index (Phi) is 4.58. The molecule has 0 aliphatic rings. The SMILES string of the molecule is Cn1nccc1-c1cc(C(=O)Nc2nc(CC(N)=O)cs2)c2ccccc2n1. The van der Waals surface area contributed by atoms with Gasteiger partial charge in [-0.2, -0.15) is 5.10 Å². The molecule has 0 saturated heterocycles. The van der Waals surface area contributed by atoms with E-state index in [0.29, 0.717) is 27.6 Å². The lowest BCUT2D eigenvalue weighted by molar-refractivity contribution is -0.117. The zero-order valence-corrected chi connectivity index (χ0v) is 15.7. The lowest BCUT2D eigenvalue weighted by atomic mass is 10.1. The molecule has 4 rings (SSSR count). The van der Waals surface area contributed by atoms with Gasteiger partial charge in [0.25, 0.3) is 5.91 Å². The molecule has 0 atom stereocenters. The van der Waals surface area contributed by atoms with Crippen molar-refractivity contribution in [3.8, 4) is 11.4 Å². The number of nitrogens with one attached hydrogen (secondary N) is 1. The Balaban J connectivity index is 1.72. The fraction of sp³-hybridized carbons (Fsp3) is 0.105. The number of carbonyl (C=O) groups excluding carboxylic acids is 2. The van der Waals surface area contributed by atoms with Crippen LogP contribution in [0.2, 0.25) is 0 Å². The molecule has 0 unspecified atom stereocenters. The number of aryl methyl sites for hydroxylation is 1. The number of fused-ring (bicyclic) bond motifs is 1. The molecule has 3 N–H and O–H groups in total. The average molecular weight is 392 g/mol. The molecular formula is C19H16N6O2S. The largest absolute Gasteiger partial charge is 0.369 e. The van der Waals surface area contributed by atoms with E-state index in [9.17, 15) is 9.59 Å². The molecule has 4 aromatic rings. The van der Waals surface area contributed by atoms with E-state index < -0.39 is 5.91 Å². The zero-order chi connectivity index (χ0) is 19.7. The molecule has 3 heterocycles. The summed E-state index contributed by atoms with van der Waals surface area (Å²) in [5.74, 6) is -0.772. The Bertz CT molecular complexity index is 1200. The van der Waals surface area contributed by atoms with Gasteiger partial charge < -0.3 is 5.73 Å². The van der Waals surface area contributed by atoms with Crippen molar-refractivity contribution < 1.29 is 9.59 Å². The number of rotatable bonds is 5. The van der Waals surface area contributed by atoms with Crippen LogP contribution in [0.3, 0.4) is 0 Å². The molecule has 0 aliphatic carbocycles. The molecule has 0 saturated carbocycles. The minimum atomic E-state index is -0.468. The second-order valence-electron chi connectivity index (χ2n) is 6.15. The molecule has 2 amide bonds. The number of thiazole rings is 1. The third-order valence-corrected chi connectivity index (χ3v) is 4.98. The Morgan fingerprint density at radius 3 is 2.79 bits per heavy atom. The van der Waals surface area contributed by atoms with E-state index >= 15 is 0 Å². The van der Waals surface area contributed by atoms with Crippen LogP contribution < -0.4 is 11.1 Å². The molecule has 8 nitrogen and oxygen atoms in total. The van der Waals surface area contributed by atoms with Crippen LogP contribution in [0.4, 0.5) is 5.13 Å². The van der Waals surface area contributed by atoms with Crippen LogP contribution in [0.5, 0.6) is 0 Å². The van der Waals surface area contributed by atoms with Crippen LogP contribution in [0.15, 0.2) is 48.0 Å². The van der Waals surface area contributed by atoms with Gasteiger partial charge in [0.1, 0.15) is 0 Å². The minimum absolute atomic E-state index is 0.0369. The lowest BCUT2D eigenvalue weighted by Gasteiger charge is -2.09. The number of para-hydroxylation sites is 1. The Hall–Kier alpha value is -3.59. The summed E-state index contributed by atoms with van der Waals surface area (Å²) in [6.45, 7) is 0. The molecule has 9 heteroatoms. The summed E-state index contributed by atoms with van der Waals surface area (Å²) >= 11 is 1.24. The monoisotopic (exact) mass is 392 g/mol. The van der Waals surface area contributed by atoms with Gasteiger partial charge in [-0.25, -0.2) is 9.97 Å². The number of primary amides is 1. The van der Waals surface area contributed by atoms with Crippen LogP contribution in [-0.4, -0.2) is 31.6 Å².